The highest BCUT2D eigenvalue weighted by atomic mass is 32.1. The van der Waals surface area contributed by atoms with Crippen molar-refractivity contribution < 1.29 is 23.5 Å². The van der Waals surface area contributed by atoms with E-state index in [0.29, 0.717) is 22.6 Å². The van der Waals surface area contributed by atoms with Gasteiger partial charge in [-0.05, 0) is 49.7 Å². The molecule has 3 rings (SSSR count). The molecule has 0 saturated carbocycles. The number of hydrogen-bond acceptors (Lipinski definition) is 5. The van der Waals surface area contributed by atoms with Crippen molar-refractivity contribution in [2.24, 2.45) is 4.99 Å². The Kier molecular flexibility index (Phi) is 7.94. The van der Waals surface area contributed by atoms with Gasteiger partial charge in [-0.2, -0.15) is 4.99 Å². The number of fused-ring (bicyclic) bond motifs is 1. The summed E-state index contributed by atoms with van der Waals surface area (Å²) < 4.78 is 27.1. The predicted octanol–water partition coefficient (Wildman–Crippen LogP) is 4.72. The van der Waals surface area contributed by atoms with Crippen molar-refractivity contribution >= 4 is 33.4 Å². The molecule has 1 aromatic heterocycles. The standard InChI is InChI=1S/C23H25FN2O4S/c1-3-5-6-14-30-17-12-10-16(11-13-17)22(28)25-23-26(15-20(27)29-4-2)21-18(24)8-7-9-19(21)31-23/h7-13H,3-6,14-15H2,1-2H3. The fourth-order valence-corrected chi connectivity index (χ4v) is 4.08. The number of nitrogens with zero attached hydrogens (tertiary/aromatic N) is 2. The topological polar surface area (TPSA) is 69.9 Å². The van der Waals surface area contributed by atoms with Gasteiger partial charge in [0.1, 0.15) is 18.1 Å². The van der Waals surface area contributed by atoms with Crippen LogP contribution in [-0.4, -0.2) is 29.7 Å². The van der Waals surface area contributed by atoms with Crippen LogP contribution in [0.25, 0.3) is 10.2 Å². The van der Waals surface area contributed by atoms with Gasteiger partial charge in [-0.3, -0.25) is 9.59 Å². The Morgan fingerprint density at radius 3 is 2.58 bits per heavy atom. The lowest BCUT2D eigenvalue weighted by Crippen LogP contribution is -2.23. The number of rotatable bonds is 9. The lowest BCUT2D eigenvalue weighted by Gasteiger charge is -2.06. The molecular formula is C23H25FN2O4S. The molecular weight excluding hydrogens is 419 g/mol. The summed E-state index contributed by atoms with van der Waals surface area (Å²) >= 11 is 1.14. The van der Waals surface area contributed by atoms with Gasteiger partial charge in [0.05, 0.1) is 23.4 Å². The van der Waals surface area contributed by atoms with Gasteiger partial charge < -0.3 is 14.0 Å². The van der Waals surface area contributed by atoms with Crippen LogP contribution in [-0.2, 0) is 16.1 Å². The molecule has 0 bridgehead atoms. The number of para-hydroxylation sites is 1. The lowest BCUT2D eigenvalue weighted by atomic mass is 10.2. The quantitative estimate of drug-likeness (QED) is 0.354. The molecule has 164 valence electrons. The van der Waals surface area contributed by atoms with Crippen molar-refractivity contribution in [1.82, 2.24) is 4.57 Å². The molecule has 3 aromatic rings. The molecule has 1 heterocycles. The molecule has 0 aliphatic carbocycles. The summed E-state index contributed by atoms with van der Waals surface area (Å²) in [5.41, 5.74) is 0.601. The molecule has 0 fully saturated rings. The van der Waals surface area contributed by atoms with Crippen molar-refractivity contribution in [3.05, 3.63) is 58.6 Å². The van der Waals surface area contributed by atoms with Gasteiger partial charge in [0.25, 0.3) is 5.91 Å². The highest BCUT2D eigenvalue weighted by Crippen LogP contribution is 2.21. The Bertz CT molecular complexity index is 1120. The molecule has 1 amide bonds. The van der Waals surface area contributed by atoms with E-state index in [9.17, 15) is 14.0 Å². The lowest BCUT2D eigenvalue weighted by molar-refractivity contribution is -0.143. The average Bonchev–Trinajstić information content (AvgIpc) is 3.10. The Morgan fingerprint density at radius 2 is 1.87 bits per heavy atom. The second kappa shape index (κ2) is 10.9. The zero-order chi connectivity index (χ0) is 22.2. The van der Waals surface area contributed by atoms with Crippen molar-refractivity contribution in [2.75, 3.05) is 13.2 Å². The Labute approximate surface area is 184 Å². The number of esters is 1. The Morgan fingerprint density at radius 1 is 1.10 bits per heavy atom. The monoisotopic (exact) mass is 444 g/mol. The zero-order valence-electron chi connectivity index (χ0n) is 17.6. The highest BCUT2D eigenvalue weighted by Gasteiger charge is 2.15. The average molecular weight is 445 g/mol. The molecule has 0 N–H and O–H groups in total. The first-order valence-corrected chi connectivity index (χ1v) is 11.1. The van der Waals surface area contributed by atoms with Crippen molar-refractivity contribution in [3.8, 4) is 5.75 Å². The van der Waals surface area contributed by atoms with Crippen molar-refractivity contribution in [2.45, 2.75) is 39.7 Å². The number of thiazole rings is 1. The third-order valence-electron chi connectivity index (χ3n) is 4.56. The van der Waals surface area contributed by atoms with E-state index in [4.69, 9.17) is 9.47 Å². The smallest absolute Gasteiger partial charge is 0.326 e. The maximum atomic E-state index is 14.4. The van der Waals surface area contributed by atoms with Crippen LogP contribution in [0, 0.1) is 5.82 Å². The molecule has 6 nitrogen and oxygen atoms in total. The van der Waals surface area contributed by atoms with Crippen LogP contribution in [0.3, 0.4) is 0 Å². The molecule has 0 unspecified atom stereocenters. The first-order chi connectivity index (χ1) is 15.0. The van der Waals surface area contributed by atoms with Gasteiger partial charge in [0, 0.05) is 5.56 Å². The molecule has 0 aliphatic heterocycles. The van der Waals surface area contributed by atoms with Gasteiger partial charge >= 0.3 is 5.97 Å². The van der Waals surface area contributed by atoms with Crippen LogP contribution in [0.4, 0.5) is 4.39 Å². The van der Waals surface area contributed by atoms with E-state index >= 15 is 0 Å². The summed E-state index contributed by atoms with van der Waals surface area (Å²) in [6, 6.07) is 11.3. The van der Waals surface area contributed by atoms with Crippen LogP contribution in [0.2, 0.25) is 0 Å². The Balaban J connectivity index is 1.88. The van der Waals surface area contributed by atoms with Crippen LogP contribution in [0.5, 0.6) is 5.75 Å². The van der Waals surface area contributed by atoms with Gasteiger partial charge in [-0.15, -0.1) is 0 Å². The summed E-state index contributed by atoms with van der Waals surface area (Å²) in [4.78, 5) is 29.2. The van der Waals surface area contributed by atoms with Gasteiger partial charge in [0.2, 0.25) is 0 Å². The van der Waals surface area contributed by atoms with E-state index in [1.54, 1.807) is 43.3 Å². The normalized spacial score (nSPS) is 11.6. The van der Waals surface area contributed by atoms with Crippen molar-refractivity contribution in [3.63, 3.8) is 0 Å². The molecule has 0 aliphatic rings. The zero-order valence-corrected chi connectivity index (χ0v) is 18.4. The van der Waals surface area contributed by atoms with Crippen molar-refractivity contribution in [1.29, 1.82) is 0 Å². The second-order valence-corrected chi connectivity index (χ2v) is 7.87. The largest absolute Gasteiger partial charge is 0.494 e. The number of unbranched alkanes of at least 4 members (excludes halogenated alkanes) is 2. The minimum atomic E-state index is -0.524. The van der Waals surface area contributed by atoms with Gasteiger partial charge in [-0.1, -0.05) is 37.2 Å². The van der Waals surface area contributed by atoms with E-state index in [-0.39, 0.29) is 23.5 Å². The Hall–Kier alpha value is -3.00. The van der Waals surface area contributed by atoms with Gasteiger partial charge in [-0.25, -0.2) is 4.39 Å². The number of halogens is 1. The summed E-state index contributed by atoms with van der Waals surface area (Å²) in [6.07, 6.45) is 3.21. The molecule has 2 aromatic carbocycles. The number of carbonyl (C=O) groups is 2. The number of carbonyl (C=O) groups excluding carboxylic acids is 2. The summed E-state index contributed by atoms with van der Waals surface area (Å²) in [5.74, 6) is -0.809. The van der Waals surface area contributed by atoms with E-state index in [1.165, 1.54) is 10.6 Å². The fraction of sp³-hybridized carbons (Fsp3) is 0.348. The predicted molar refractivity (Wildman–Crippen MR) is 118 cm³/mol. The first-order valence-electron chi connectivity index (χ1n) is 10.3. The fourth-order valence-electron chi connectivity index (χ4n) is 3.04. The van der Waals surface area contributed by atoms with Crippen LogP contribution in [0.15, 0.2) is 47.5 Å². The summed E-state index contributed by atoms with van der Waals surface area (Å²) in [6.45, 7) is 4.44. The number of benzene rings is 2. The number of ether oxygens (including phenoxy) is 2. The minimum Gasteiger partial charge on any atom is -0.494 e. The SMILES string of the molecule is CCCCCOc1ccc(C(=O)N=c2sc3cccc(F)c3n2CC(=O)OCC)cc1. The maximum Gasteiger partial charge on any atom is 0.326 e. The maximum absolute atomic E-state index is 14.4. The number of amides is 1. The van der Waals surface area contributed by atoms with Gasteiger partial charge in [0.15, 0.2) is 4.80 Å². The molecule has 0 atom stereocenters. The number of hydrogen-bond donors (Lipinski definition) is 0. The molecule has 8 heteroatoms. The molecule has 0 saturated heterocycles. The van der Waals surface area contributed by atoms with E-state index in [1.807, 2.05) is 0 Å². The third-order valence-corrected chi connectivity index (χ3v) is 5.60. The molecule has 0 radical (unpaired) electrons. The van der Waals surface area contributed by atoms with Crippen LogP contribution < -0.4 is 9.54 Å². The van der Waals surface area contributed by atoms with Crippen LogP contribution in [0.1, 0.15) is 43.5 Å². The highest BCUT2D eigenvalue weighted by molar-refractivity contribution is 7.16. The van der Waals surface area contributed by atoms with E-state index in [2.05, 4.69) is 11.9 Å². The van der Waals surface area contributed by atoms with E-state index < -0.39 is 17.7 Å². The third kappa shape index (κ3) is 5.79. The second-order valence-electron chi connectivity index (χ2n) is 6.86. The molecule has 31 heavy (non-hydrogen) atoms. The number of aromatic nitrogens is 1. The first kappa shape index (κ1) is 22.7. The van der Waals surface area contributed by atoms with Crippen LogP contribution >= 0.6 is 11.3 Å². The van der Waals surface area contributed by atoms with E-state index in [0.717, 1.165) is 30.6 Å². The summed E-state index contributed by atoms with van der Waals surface area (Å²) in [5, 5.41) is 0. The minimum absolute atomic E-state index is 0.211. The summed E-state index contributed by atoms with van der Waals surface area (Å²) in [7, 11) is 0. The molecule has 0 spiro atoms.